The monoisotopic (exact) mass is 282 g/mol. The normalized spacial score (nSPS) is 14.5. The van der Waals surface area contributed by atoms with Gasteiger partial charge in [-0.2, -0.15) is 0 Å². The van der Waals surface area contributed by atoms with Crippen molar-refractivity contribution in [3.8, 4) is 0 Å². The Balaban J connectivity index is 2.50. The molecule has 1 heterocycles. The molecule has 1 rings (SSSR count). The zero-order chi connectivity index (χ0) is 15.3. The van der Waals surface area contributed by atoms with Gasteiger partial charge in [0.2, 0.25) is 0 Å². The maximum Gasteiger partial charge on any atom is 0.407 e. The lowest BCUT2D eigenvalue weighted by Gasteiger charge is -2.22. The van der Waals surface area contributed by atoms with E-state index in [0.717, 1.165) is 5.69 Å². The number of rotatable bonds is 4. The van der Waals surface area contributed by atoms with Crippen molar-refractivity contribution in [2.24, 2.45) is 0 Å². The first kappa shape index (κ1) is 16.4. The lowest BCUT2D eigenvalue weighted by Crippen LogP contribution is -2.38. The summed E-state index contributed by atoms with van der Waals surface area (Å²) in [5, 5.41) is 22.3. The predicted octanol–water partition coefficient (Wildman–Crippen LogP) is 1.31. The zero-order valence-corrected chi connectivity index (χ0v) is 12.3. The van der Waals surface area contributed by atoms with Crippen LogP contribution in [0.25, 0.3) is 0 Å². The minimum atomic E-state index is -1.12. The molecule has 20 heavy (non-hydrogen) atoms. The molecule has 0 aliphatic carbocycles. The van der Waals surface area contributed by atoms with Crippen molar-refractivity contribution < 1.29 is 19.7 Å². The Hall–Kier alpha value is -1.66. The summed E-state index contributed by atoms with van der Waals surface area (Å²) in [4.78, 5) is 15.5. The molecule has 6 heteroatoms. The zero-order valence-electron chi connectivity index (χ0n) is 12.3. The van der Waals surface area contributed by atoms with Gasteiger partial charge in [-0.15, -0.1) is 0 Å². The molecule has 1 aromatic rings. The molecule has 6 nitrogen and oxygen atoms in total. The Morgan fingerprint density at radius 3 is 2.65 bits per heavy atom. The molecular weight excluding hydrogens is 260 g/mol. The molecule has 0 aliphatic heterocycles. The summed E-state index contributed by atoms with van der Waals surface area (Å²) in [5.74, 6) is 0. The van der Waals surface area contributed by atoms with Crippen LogP contribution in [0.4, 0.5) is 4.79 Å². The first-order chi connectivity index (χ1) is 9.19. The first-order valence-electron chi connectivity index (χ1n) is 6.44. The molecule has 0 radical (unpaired) electrons. The van der Waals surface area contributed by atoms with Crippen molar-refractivity contribution in [3.63, 3.8) is 0 Å². The number of carbonyl (C=O) groups is 1. The number of ether oxygens (including phenoxy) is 1. The standard InChI is InChI=1S/C14H22N2O4/c1-9-7-10(5-6-15-9)12(18)11(17)8-16-13(19)20-14(2,3)4/h5-7,11-12,17-18H,8H2,1-4H3,(H,16,19). The molecule has 0 aliphatic rings. The fraction of sp³-hybridized carbons (Fsp3) is 0.571. The van der Waals surface area contributed by atoms with Crippen LogP contribution in [0.2, 0.25) is 0 Å². The van der Waals surface area contributed by atoms with Crippen molar-refractivity contribution >= 4 is 6.09 Å². The highest BCUT2D eigenvalue weighted by Gasteiger charge is 2.21. The van der Waals surface area contributed by atoms with Crippen LogP contribution in [0.15, 0.2) is 18.3 Å². The summed E-state index contributed by atoms with van der Waals surface area (Å²) in [5.41, 5.74) is 0.695. The number of hydrogen-bond donors (Lipinski definition) is 3. The Labute approximate surface area is 118 Å². The number of aromatic nitrogens is 1. The average Bonchev–Trinajstić information content (AvgIpc) is 2.33. The highest BCUT2D eigenvalue weighted by Crippen LogP contribution is 2.16. The number of nitrogens with zero attached hydrogens (tertiary/aromatic N) is 1. The van der Waals surface area contributed by atoms with E-state index in [0.29, 0.717) is 5.56 Å². The predicted molar refractivity (Wildman–Crippen MR) is 74.2 cm³/mol. The topological polar surface area (TPSA) is 91.7 Å². The highest BCUT2D eigenvalue weighted by molar-refractivity contribution is 5.67. The van der Waals surface area contributed by atoms with E-state index in [1.54, 1.807) is 46.0 Å². The van der Waals surface area contributed by atoms with Crippen molar-refractivity contribution in [2.75, 3.05) is 6.54 Å². The fourth-order valence-electron chi connectivity index (χ4n) is 1.59. The van der Waals surface area contributed by atoms with Gasteiger partial charge in [0.1, 0.15) is 17.8 Å². The minimum absolute atomic E-state index is 0.0998. The number of pyridine rings is 1. The van der Waals surface area contributed by atoms with Crippen LogP contribution < -0.4 is 5.32 Å². The van der Waals surface area contributed by atoms with Gasteiger partial charge in [-0.1, -0.05) is 0 Å². The second-order valence-electron chi connectivity index (χ2n) is 5.63. The van der Waals surface area contributed by atoms with Gasteiger partial charge in [0.05, 0.1) is 0 Å². The van der Waals surface area contributed by atoms with Crippen LogP contribution >= 0.6 is 0 Å². The molecule has 3 N–H and O–H groups in total. The van der Waals surface area contributed by atoms with Gasteiger partial charge >= 0.3 is 6.09 Å². The lowest BCUT2D eigenvalue weighted by molar-refractivity contribution is 0.0129. The van der Waals surface area contributed by atoms with E-state index in [4.69, 9.17) is 4.74 Å². The average molecular weight is 282 g/mol. The molecule has 112 valence electrons. The van der Waals surface area contributed by atoms with Gasteiger partial charge in [0.15, 0.2) is 0 Å². The van der Waals surface area contributed by atoms with Crippen LogP contribution in [-0.2, 0) is 4.74 Å². The number of hydrogen-bond acceptors (Lipinski definition) is 5. The summed E-state index contributed by atoms with van der Waals surface area (Å²) in [7, 11) is 0. The van der Waals surface area contributed by atoms with Crippen LogP contribution in [0.1, 0.15) is 38.1 Å². The molecule has 0 aromatic carbocycles. The highest BCUT2D eigenvalue weighted by atomic mass is 16.6. The molecule has 0 fully saturated rings. The maximum atomic E-state index is 11.4. The van der Waals surface area contributed by atoms with Gasteiger partial charge < -0.3 is 20.3 Å². The lowest BCUT2D eigenvalue weighted by atomic mass is 10.1. The Kier molecular flexibility index (Phi) is 5.47. The van der Waals surface area contributed by atoms with Crippen LogP contribution in [0.3, 0.4) is 0 Å². The molecule has 2 unspecified atom stereocenters. The molecule has 0 saturated carbocycles. The number of alkyl carbamates (subject to hydrolysis) is 1. The third-order valence-electron chi connectivity index (χ3n) is 2.48. The van der Waals surface area contributed by atoms with Crippen molar-refractivity contribution in [1.82, 2.24) is 10.3 Å². The quantitative estimate of drug-likeness (QED) is 0.774. The third-order valence-corrected chi connectivity index (χ3v) is 2.48. The Bertz CT molecular complexity index is 457. The minimum Gasteiger partial charge on any atom is -0.444 e. The van der Waals surface area contributed by atoms with E-state index < -0.39 is 23.9 Å². The van der Waals surface area contributed by atoms with Crippen LogP contribution in [-0.4, -0.2) is 39.5 Å². The smallest absolute Gasteiger partial charge is 0.407 e. The molecular formula is C14H22N2O4. The van der Waals surface area contributed by atoms with Crippen molar-refractivity contribution in [2.45, 2.75) is 45.5 Å². The van der Waals surface area contributed by atoms with E-state index in [1.807, 2.05) is 0 Å². The van der Waals surface area contributed by atoms with Gasteiger partial charge in [0.25, 0.3) is 0 Å². The Morgan fingerprint density at radius 2 is 2.10 bits per heavy atom. The van der Waals surface area contributed by atoms with Crippen LogP contribution in [0, 0.1) is 6.92 Å². The summed E-state index contributed by atoms with van der Waals surface area (Å²) in [6.45, 7) is 6.94. The number of nitrogens with one attached hydrogen (secondary N) is 1. The maximum absolute atomic E-state index is 11.4. The fourth-order valence-corrected chi connectivity index (χ4v) is 1.59. The number of aryl methyl sites for hydroxylation is 1. The van der Waals surface area contributed by atoms with Gasteiger partial charge in [-0.25, -0.2) is 4.79 Å². The van der Waals surface area contributed by atoms with E-state index >= 15 is 0 Å². The molecule has 1 aromatic heterocycles. The van der Waals surface area contributed by atoms with E-state index in [-0.39, 0.29) is 6.54 Å². The number of carbonyl (C=O) groups excluding carboxylic acids is 1. The first-order valence-corrected chi connectivity index (χ1v) is 6.44. The summed E-state index contributed by atoms with van der Waals surface area (Å²) in [6, 6.07) is 3.30. The summed E-state index contributed by atoms with van der Waals surface area (Å²) in [6.07, 6.45) is -1.28. The second-order valence-corrected chi connectivity index (χ2v) is 5.63. The molecule has 0 spiro atoms. The Morgan fingerprint density at radius 1 is 1.45 bits per heavy atom. The van der Waals surface area contributed by atoms with E-state index in [2.05, 4.69) is 10.3 Å². The van der Waals surface area contributed by atoms with Crippen molar-refractivity contribution in [3.05, 3.63) is 29.6 Å². The van der Waals surface area contributed by atoms with Crippen LogP contribution in [0.5, 0.6) is 0 Å². The van der Waals surface area contributed by atoms with Gasteiger partial charge in [-0.3, -0.25) is 4.98 Å². The third kappa shape index (κ3) is 5.54. The molecule has 0 saturated heterocycles. The van der Waals surface area contributed by atoms with Gasteiger partial charge in [0, 0.05) is 18.4 Å². The number of amides is 1. The summed E-state index contributed by atoms with van der Waals surface area (Å²) < 4.78 is 5.04. The molecule has 1 amide bonds. The second kappa shape index (κ2) is 6.67. The van der Waals surface area contributed by atoms with Gasteiger partial charge in [-0.05, 0) is 45.4 Å². The molecule has 2 atom stereocenters. The largest absolute Gasteiger partial charge is 0.444 e. The number of aliphatic hydroxyl groups excluding tert-OH is 2. The van der Waals surface area contributed by atoms with Crippen molar-refractivity contribution in [1.29, 1.82) is 0 Å². The SMILES string of the molecule is Cc1cc(C(O)C(O)CNC(=O)OC(C)(C)C)ccn1. The van der Waals surface area contributed by atoms with E-state index in [1.165, 1.54) is 0 Å². The number of aliphatic hydroxyl groups is 2. The van der Waals surface area contributed by atoms with E-state index in [9.17, 15) is 15.0 Å². The molecule has 0 bridgehead atoms. The summed E-state index contributed by atoms with van der Waals surface area (Å²) >= 11 is 0.